The number of carbonyl (C=O) groups is 3. The van der Waals surface area contributed by atoms with Crippen LogP contribution in [0.2, 0.25) is 5.02 Å². The molecule has 2 aromatic rings. The van der Waals surface area contributed by atoms with E-state index in [2.05, 4.69) is 0 Å². The van der Waals surface area contributed by atoms with Gasteiger partial charge in [0.1, 0.15) is 17.2 Å². The number of ether oxygens (including phenoxy) is 3. The third-order valence-corrected chi connectivity index (χ3v) is 7.10. The number of halogens is 2. The van der Waals surface area contributed by atoms with Gasteiger partial charge in [0.25, 0.3) is 5.91 Å². The van der Waals surface area contributed by atoms with Gasteiger partial charge in [-0.3, -0.25) is 4.79 Å². The van der Waals surface area contributed by atoms with E-state index in [1.54, 1.807) is 37.7 Å². The molecule has 2 aromatic carbocycles. The maximum atomic E-state index is 15.0. The number of rotatable bonds is 10. The van der Waals surface area contributed by atoms with Crippen LogP contribution in [0.3, 0.4) is 0 Å². The van der Waals surface area contributed by atoms with Crippen LogP contribution in [0.25, 0.3) is 11.1 Å². The summed E-state index contributed by atoms with van der Waals surface area (Å²) in [6.45, 7) is 10.7. The molecule has 1 saturated heterocycles. The van der Waals surface area contributed by atoms with Crippen LogP contribution < -0.4 is 4.74 Å². The fourth-order valence-electron chi connectivity index (χ4n) is 4.93. The van der Waals surface area contributed by atoms with Gasteiger partial charge in [0.2, 0.25) is 0 Å². The molecule has 0 spiro atoms. The maximum Gasteiger partial charge on any atom is 0.410 e. The maximum absolute atomic E-state index is 15.0. The minimum absolute atomic E-state index is 0.0152. The summed E-state index contributed by atoms with van der Waals surface area (Å²) in [5.74, 6) is -2.05. The van der Waals surface area contributed by atoms with Crippen LogP contribution in [0.5, 0.6) is 5.75 Å². The van der Waals surface area contributed by atoms with Crippen molar-refractivity contribution < 1.29 is 38.1 Å². The molecule has 0 aliphatic carbocycles. The van der Waals surface area contributed by atoms with E-state index < -0.39 is 23.5 Å². The van der Waals surface area contributed by atoms with Crippen molar-refractivity contribution in [2.45, 2.75) is 71.6 Å². The number of piperidine rings is 1. The van der Waals surface area contributed by atoms with E-state index in [1.165, 1.54) is 24.3 Å². The molecular weight excluding hydrogens is 567 g/mol. The Morgan fingerprint density at radius 2 is 1.86 bits per heavy atom. The van der Waals surface area contributed by atoms with Gasteiger partial charge in [0.05, 0.1) is 28.8 Å². The highest BCUT2D eigenvalue weighted by atomic mass is 35.5. The van der Waals surface area contributed by atoms with Crippen LogP contribution in [-0.4, -0.2) is 84.0 Å². The molecule has 0 radical (unpaired) electrons. The highest BCUT2D eigenvalue weighted by molar-refractivity contribution is 6.34. The van der Waals surface area contributed by atoms with Gasteiger partial charge < -0.3 is 29.1 Å². The first kappa shape index (κ1) is 33.1. The van der Waals surface area contributed by atoms with E-state index in [-0.39, 0.29) is 57.6 Å². The first-order chi connectivity index (χ1) is 19.7. The van der Waals surface area contributed by atoms with E-state index >= 15 is 0 Å². The van der Waals surface area contributed by atoms with Crippen LogP contribution in [-0.2, 0) is 9.47 Å². The fourth-order valence-corrected chi connectivity index (χ4v) is 5.18. The third kappa shape index (κ3) is 8.35. The first-order valence-corrected chi connectivity index (χ1v) is 14.4. The monoisotopic (exact) mass is 606 g/mol. The molecule has 0 bridgehead atoms. The number of hydrogen-bond acceptors (Lipinski definition) is 6. The Hall–Kier alpha value is -3.37. The SMILES string of the molecule is COCCCOc1cc(C(=O)N(C(C)C)[C@@H]2CCCN(C(=O)OC(C)(C)C)C2)c(Cl)cc1-c1cc(C(=O)O)ccc1F. The number of benzene rings is 2. The van der Waals surface area contributed by atoms with Crippen molar-refractivity contribution in [3.05, 3.63) is 52.3 Å². The van der Waals surface area contributed by atoms with Gasteiger partial charge in [-0.05, 0) is 77.8 Å². The lowest BCUT2D eigenvalue weighted by atomic mass is 9.97. The van der Waals surface area contributed by atoms with Crippen LogP contribution in [0, 0.1) is 5.82 Å². The van der Waals surface area contributed by atoms with Crippen molar-refractivity contribution in [2.24, 2.45) is 0 Å². The summed E-state index contributed by atoms with van der Waals surface area (Å²) in [6, 6.07) is 5.84. The largest absolute Gasteiger partial charge is 0.493 e. The summed E-state index contributed by atoms with van der Waals surface area (Å²) < 4.78 is 31.6. The van der Waals surface area contributed by atoms with E-state index in [9.17, 15) is 23.9 Å². The predicted molar refractivity (Wildman–Crippen MR) is 158 cm³/mol. The zero-order chi connectivity index (χ0) is 31.2. The second kappa shape index (κ2) is 14.2. The summed E-state index contributed by atoms with van der Waals surface area (Å²) in [5, 5.41) is 9.52. The van der Waals surface area contributed by atoms with Crippen molar-refractivity contribution >= 4 is 29.6 Å². The van der Waals surface area contributed by atoms with Crippen molar-refractivity contribution in [1.29, 1.82) is 0 Å². The molecule has 0 unspecified atom stereocenters. The Morgan fingerprint density at radius 3 is 2.48 bits per heavy atom. The van der Waals surface area contributed by atoms with Crippen molar-refractivity contribution in [2.75, 3.05) is 33.4 Å². The van der Waals surface area contributed by atoms with Crippen molar-refractivity contribution in [1.82, 2.24) is 9.80 Å². The second-order valence-corrected chi connectivity index (χ2v) is 12.0. The molecule has 1 N–H and O–H groups in total. The lowest BCUT2D eigenvalue weighted by Crippen LogP contribution is -2.54. The lowest BCUT2D eigenvalue weighted by Gasteiger charge is -2.41. The predicted octanol–water partition coefficient (Wildman–Crippen LogP) is 6.51. The molecular formula is C31H40ClFN2O7. The molecule has 1 fully saturated rings. The highest BCUT2D eigenvalue weighted by Gasteiger charge is 2.35. The Bertz CT molecular complexity index is 1290. The molecule has 230 valence electrons. The minimum atomic E-state index is -1.21. The van der Waals surface area contributed by atoms with Gasteiger partial charge in [-0.2, -0.15) is 0 Å². The van der Waals surface area contributed by atoms with Gasteiger partial charge >= 0.3 is 12.1 Å². The van der Waals surface area contributed by atoms with Crippen LogP contribution in [0.1, 0.15) is 74.6 Å². The van der Waals surface area contributed by atoms with E-state index in [0.717, 1.165) is 6.07 Å². The summed E-state index contributed by atoms with van der Waals surface area (Å²) in [5.41, 5.74) is -0.389. The van der Waals surface area contributed by atoms with Crippen molar-refractivity contribution in [3.8, 4) is 16.9 Å². The zero-order valence-electron chi connectivity index (χ0n) is 25.0. The zero-order valence-corrected chi connectivity index (χ0v) is 25.8. The molecule has 9 nitrogen and oxygen atoms in total. The number of nitrogens with zero attached hydrogens (tertiary/aromatic N) is 2. The van der Waals surface area contributed by atoms with Crippen LogP contribution >= 0.6 is 11.6 Å². The van der Waals surface area contributed by atoms with Crippen LogP contribution in [0.4, 0.5) is 9.18 Å². The highest BCUT2D eigenvalue weighted by Crippen LogP contribution is 2.38. The Balaban J connectivity index is 2.01. The number of methoxy groups -OCH3 is 1. The number of aromatic carboxylic acids is 1. The molecule has 1 atom stereocenters. The topological polar surface area (TPSA) is 106 Å². The average Bonchev–Trinajstić information content (AvgIpc) is 2.90. The number of amides is 2. The average molecular weight is 607 g/mol. The lowest BCUT2D eigenvalue weighted by molar-refractivity contribution is 0.00751. The Kier molecular flexibility index (Phi) is 11.2. The molecule has 3 rings (SSSR count). The van der Waals surface area contributed by atoms with E-state index in [4.69, 9.17) is 25.8 Å². The smallest absolute Gasteiger partial charge is 0.410 e. The van der Waals surface area contributed by atoms with Gasteiger partial charge in [0, 0.05) is 50.4 Å². The quantitative estimate of drug-likeness (QED) is 0.307. The molecule has 0 aromatic heterocycles. The number of carboxylic acids is 1. The number of carbonyl (C=O) groups excluding carboxylic acids is 2. The van der Waals surface area contributed by atoms with Gasteiger partial charge in [-0.25, -0.2) is 14.0 Å². The third-order valence-electron chi connectivity index (χ3n) is 6.79. The van der Waals surface area contributed by atoms with Crippen LogP contribution in [0.15, 0.2) is 30.3 Å². The van der Waals surface area contributed by atoms with E-state index in [1.807, 2.05) is 13.8 Å². The summed E-state index contributed by atoms with van der Waals surface area (Å²) in [6.07, 6.45) is 1.48. The minimum Gasteiger partial charge on any atom is -0.493 e. The summed E-state index contributed by atoms with van der Waals surface area (Å²) >= 11 is 6.68. The van der Waals surface area contributed by atoms with Gasteiger partial charge in [-0.15, -0.1) is 0 Å². The molecule has 1 aliphatic rings. The number of likely N-dealkylation sites (tertiary alicyclic amines) is 1. The van der Waals surface area contributed by atoms with Crippen molar-refractivity contribution in [3.63, 3.8) is 0 Å². The fraction of sp³-hybridized carbons (Fsp3) is 0.516. The molecule has 1 aliphatic heterocycles. The molecule has 1 heterocycles. The summed E-state index contributed by atoms with van der Waals surface area (Å²) in [4.78, 5) is 41.8. The first-order valence-electron chi connectivity index (χ1n) is 14.0. The normalized spacial score (nSPS) is 15.5. The Labute approximate surface area is 251 Å². The Morgan fingerprint density at radius 1 is 1.14 bits per heavy atom. The molecule has 2 amide bonds. The number of carboxylic acid groups (broad SMARTS) is 1. The summed E-state index contributed by atoms with van der Waals surface area (Å²) in [7, 11) is 1.56. The molecule has 11 heteroatoms. The number of hydrogen-bond donors (Lipinski definition) is 1. The second-order valence-electron chi connectivity index (χ2n) is 11.6. The molecule has 0 saturated carbocycles. The standard InChI is InChI=1S/C31H40ClFN2O7/c1-19(2)35(21-9-7-12-34(18-21)30(39)42-31(3,4)5)28(36)24-17-27(41-14-8-13-40-6)23(16-25(24)32)22-15-20(29(37)38)10-11-26(22)33/h10-11,15-17,19,21H,7-9,12-14,18H2,1-6H3,(H,37,38)/t21-/m1/s1. The van der Waals surface area contributed by atoms with E-state index in [0.29, 0.717) is 39.0 Å². The van der Waals surface area contributed by atoms with Gasteiger partial charge in [-0.1, -0.05) is 11.6 Å². The molecule has 42 heavy (non-hydrogen) atoms. The van der Waals surface area contributed by atoms with Gasteiger partial charge in [0.15, 0.2) is 0 Å².